The van der Waals surface area contributed by atoms with Crippen molar-refractivity contribution in [2.24, 2.45) is 7.05 Å². The first-order valence-corrected chi connectivity index (χ1v) is 12.0. The highest BCUT2D eigenvalue weighted by Gasteiger charge is 2.26. The molecule has 3 aromatic heterocycles. The maximum atomic E-state index is 12.9. The Kier molecular flexibility index (Phi) is 6.37. The number of rotatable bonds is 4. The number of halogens is 1. The minimum absolute atomic E-state index is 0.136. The lowest BCUT2D eigenvalue weighted by atomic mass is 10.0. The van der Waals surface area contributed by atoms with Crippen LogP contribution in [0.1, 0.15) is 24.4 Å². The molecule has 0 radical (unpaired) electrons. The number of anilines is 1. The largest absolute Gasteiger partial charge is 0.341 e. The van der Waals surface area contributed by atoms with Gasteiger partial charge in [0.2, 0.25) is 5.95 Å². The first-order chi connectivity index (χ1) is 16.4. The highest BCUT2D eigenvalue weighted by molar-refractivity contribution is 6.29. The molecule has 5 rings (SSSR count). The summed E-state index contributed by atoms with van der Waals surface area (Å²) in [5.74, 6) is 0.697. The van der Waals surface area contributed by atoms with Crippen LogP contribution in [0.4, 0.5) is 5.95 Å². The maximum Gasteiger partial charge on any atom is 0.318 e. The molecule has 0 aliphatic carbocycles. The van der Waals surface area contributed by atoms with E-state index in [0.29, 0.717) is 48.2 Å². The lowest BCUT2D eigenvalue weighted by Crippen LogP contribution is -2.45. The Balaban J connectivity index is 1.29. The molecule has 180 valence electrons. The quantitative estimate of drug-likeness (QED) is 0.402. The third-order valence-electron chi connectivity index (χ3n) is 6.92. The van der Waals surface area contributed by atoms with Crippen LogP contribution in [0.5, 0.6) is 0 Å². The number of fused-ring (bicyclic) bond motifs is 1. The van der Waals surface area contributed by atoms with E-state index in [0.717, 1.165) is 38.3 Å². The van der Waals surface area contributed by atoms with Gasteiger partial charge in [-0.2, -0.15) is 0 Å². The fourth-order valence-electron chi connectivity index (χ4n) is 4.83. The zero-order valence-electron chi connectivity index (χ0n) is 19.5. The second-order valence-electron chi connectivity index (χ2n) is 9.20. The number of likely N-dealkylation sites (N-methyl/N-ethyl adjacent to an activating group) is 1. The molecule has 10 nitrogen and oxygen atoms in total. The summed E-state index contributed by atoms with van der Waals surface area (Å²) in [6.45, 7) is 6.52. The van der Waals surface area contributed by atoms with Crippen molar-refractivity contribution in [2.75, 3.05) is 51.2 Å². The number of piperidine rings is 1. The van der Waals surface area contributed by atoms with Crippen molar-refractivity contribution in [1.82, 2.24) is 33.9 Å². The Morgan fingerprint density at radius 1 is 0.941 bits per heavy atom. The molecule has 0 atom stereocenters. The van der Waals surface area contributed by atoms with Gasteiger partial charge in [-0.05, 0) is 32.0 Å². The second-order valence-corrected chi connectivity index (χ2v) is 9.59. The molecule has 3 aromatic rings. The molecule has 0 unspecified atom stereocenters. The summed E-state index contributed by atoms with van der Waals surface area (Å²) in [6.07, 6.45) is 5.20. The average Bonchev–Trinajstić information content (AvgIpc) is 2.85. The van der Waals surface area contributed by atoms with E-state index < -0.39 is 11.1 Å². The van der Waals surface area contributed by atoms with Crippen LogP contribution in [0, 0.1) is 0 Å². The van der Waals surface area contributed by atoms with Crippen molar-refractivity contribution in [3.63, 3.8) is 0 Å². The van der Waals surface area contributed by atoms with E-state index in [4.69, 9.17) is 11.6 Å². The molecule has 0 N–H and O–H groups in total. The summed E-state index contributed by atoms with van der Waals surface area (Å²) >= 11 is 6.11. The number of aromatic nitrogens is 5. The third-order valence-corrected chi connectivity index (χ3v) is 7.13. The topological polar surface area (TPSA) is 92.4 Å². The summed E-state index contributed by atoms with van der Waals surface area (Å²) in [6, 6.07) is 3.22. The van der Waals surface area contributed by atoms with Crippen LogP contribution in [-0.2, 0) is 13.6 Å². The van der Waals surface area contributed by atoms with Crippen LogP contribution in [0.3, 0.4) is 0 Å². The standard InChI is InChI=1S/C23H29ClN8O2/c1-28-9-11-30(12-10-28)15-16-13-25-23(26-14-16)31-7-5-17(6-8-31)32-20-18(3-4-19(24)27-20)29(2)21(33)22(32)34/h3-4,13-14,17H,5-12,15H2,1-2H3. The Hall–Kier alpha value is -2.82. The monoisotopic (exact) mass is 484 g/mol. The van der Waals surface area contributed by atoms with E-state index in [1.54, 1.807) is 19.2 Å². The molecular formula is C23H29ClN8O2. The van der Waals surface area contributed by atoms with Gasteiger partial charge in [0.05, 0.1) is 5.52 Å². The number of hydrogen-bond donors (Lipinski definition) is 0. The summed E-state index contributed by atoms with van der Waals surface area (Å²) in [4.78, 5) is 45.9. The molecule has 2 aliphatic heterocycles. The van der Waals surface area contributed by atoms with Crippen LogP contribution in [-0.4, -0.2) is 80.2 Å². The number of hydrogen-bond acceptors (Lipinski definition) is 8. The number of aryl methyl sites for hydroxylation is 1. The molecule has 11 heteroatoms. The smallest absolute Gasteiger partial charge is 0.318 e. The van der Waals surface area contributed by atoms with Gasteiger partial charge in [0.25, 0.3) is 0 Å². The van der Waals surface area contributed by atoms with Crippen molar-refractivity contribution in [2.45, 2.75) is 25.4 Å². The van der Waals surface area contributed by atoms with E-state index in [9.17, 15) is 9.59 Å². The van der Waals surface area contributed by atoms with Gasteiger partial charge >= 0.3 is 11.1 Å². The van der Waals surface area contributed by atoms with E-state index in [1.165, 1.54) is 9.13 Å². The number of piperazine rings is 1. The first-order valence-electron chi connectivity index (χ1n) is 11.7. The molecule has 34 heavy (non-hydrogen) atoms. The SMILES string of the molecule is CN1CCN(Cc2cnc(N3CCC(n4c(=O)c(=O)n(C)c5ccc(Cl)nc54)CC3)nc2)CC1. The maximum absolute atomic E-state index is 12.9. The fourth-order valence-corrected chi connectivity index (χ4v) is 4.97. The molecule has 0 saturated carbocycles. The second kappa shape index (κ2) is 9.44. The summed E-state index contributed by atoms with van der Waals surface area (Å²) in [5, 5.41) is 0.293. The molecule has 0 aromatic carbocycles. The molecule has 5 heterocycles. The van der Waals surface area contributed by atoms with Crippen LogP contribution in [0.15, 0.2) is 34.1 Å². The lowest BCUT2D eigenvalue weighted by Gasteiger charge is -2.33. The van der Waals surface area contributed by atoms with Gasteiger partial charge in [-0.3, -0.25) is 19.1 Å². The molecule has 0 spiro atoms. The van der Waals surface area contributed by atoms with E-state index >= 15 is 0 Å². The zero-order valence-corrected chi connectivity index (χ0v) is 20.3. The Bertz CT molecular complexity index is 1290. The van der Waals surface area contributed by atoms with Crippen molar-refractivity contribution in [3.05, 3.63) is 56.0 Å². The molecule has 2 aliphatic rings. The summed E-state index contributed by atoms with van der Waals surface area (Å²) in [7, 11) is 3.74. The van der Waals surface area contributed by atoms with Gasteiger partial charge in [-0.1, -0.05) is 11.6 Å². The zero-order chi connectivity index (χ0) is 23.8. The van der Waals surface area contributed by atoms with Crippen molar-refractivity contribution in [3.8, 4) is 0 Å². The van der Waals surface area contributed by atoms with Gasteiger partial charge in [0.15, 0.2) is 5.65 Å². The Morgan fingerprint density at radius 2 is 1.62 bits per heavy atom. The molecular weight excluding hydrogens is 456 g/mol. The van der Waals surface area contributed by atoms with Crippen molar-refractivity contribution >= 4 is 28.7 Å². The van der Waals surface area contributed by atoms with Gasteiger partial charge in [0, 0.05) is 76.9 Å². The van der Waals surface area contributed by atoms with Crippen LogP contribution in [0.25, 0.3) is 11.2 Å². The molecule has 0 amide bonds. The highest BCUT2D eigenvalue weighted by atomic mass is 35.5. The fraction of sp³-hybridized carbons (Fsp3) is 0.522. The Morgan fingerprint density at radius 3 is 2.29 bits per heavy atom. The molecule has 2 saturated heterocycles. The van der Waals surface area contributed by atoms with Gasteiger partial charge in [-0.25, -0.2) is 15.0 Å². The minimum Gasteiger partial charge on any atom is -0.341 e. The number of nitrogens with zero attached hydrogens (tertiary/aromatic N) is 8. The van der Waals surface area contributed by atoms with E-state index in [-0.39, 0.29) is 6.04 Å². The predicted molar refractivity (Wildman–Crippen MR) is 132 cm³/mol. The summed E-state index contributed by atoms with van der Waals surface area (Å²) in [5.41, 5.74) is 1.04. The molecule has 0 bridgehead atoms. The van der Waals surface area contributed by atoms with E-state index in [1.807, 2.05) is 12.4 Å². The minimum atomic E-state index is -0.562. The Labute approximate surface area is 202 Å². The summed E-state index contributed by atoms with van der Waals surface area (Å²) < 4.78 is 2.87. The van der Waals surface area contributed by atoms with Crippen molar-refractivity contribution < 1.29 is 0 Å². The van der Waals surface area contributed by atoms with Gasteiger partial charge in [-0.15, -0.1) is 0 Å². The van der Waals surface area contributed by atoms with Crippen LogP contribution >= 0.6 is 11.6 Å². The van der Waals surface area contributed by atoms with E-state index in [2.05, 4.69) is 36.7 Å². The van der Waals surface area contributed by atoms with Crippen LogP contribution < -0.4 is 16.0 Å². The number of pyridine rings is 1. The first kappa shape index (κ1) is 22.9. The third kappa shape index (κ3) is 4.45. The normalized spacial score (nSPS) is 18.6. The predicted octanol–water partition coefficient (Wildman–Crippen LogP) is 1.13. The highest BCUT2D eigenvalue weighted by Crippen LogP contribution is 2.26. The lowest BCUT2D eigenvalue weighted by molar-refractivity contribution is 0.148. The van der Waals surface area contributed by atoms with Gasteiger partial charge in [0.1, 0.15) is 5.15 Å². The molecule has 2 fully saturated rings. The van der Waals surface area contributed by atoms with Crippen molar-refractivity contribution in [1.29, 1.82) is 0 Å². The average molecular weight is 485 g/mol. The van der Waals surface area contributed by atoms with Gasteiger partial charge < -0.3 is 14.4 Å². The van der Waals surface area contributed by atoms with Crippen LogP contribution in [0.2, 0.25) is 5.15 Å².